The van der Waals surface area contributed by atoms with Crippen LogP contribution in [-0.4, -0.2) is 15.0 Å². The van der Waals surface area contributed by atoms with Gasteiger partial charge in [0.2, 0.25) is 5.91 Å². The van der Waals surface area contributed by atoms with Crippen molar-refractivity contribution in [1.82, 2.24) is 14.5 Å². The fourth-order valence-corrected chi connectivity index (χ4v) is 3.39. The number of fused-ring (bicyclic) bond motifs is 1. The predicted molar refractivity (Wildman–Crippen MR) is 104 cm³/mol. The highest BCUT2D eigenvalue weighted by molar-refractivity contribution is 5.78. The topological polar surface area (TPSA) is 56.0 Å². The van der Waals surface area contributed by atoms with Crippen LogP contribution in [0, 0.1) is 11.6 Å². The van der Waals surface area contributed by atoms with Gasteiger partial charge in [0.25, 0.3) is 0 Å². The van der Waals surface area contributed by atoms with Crippen molar-refractivity contribution >= 4 is 16.9 Å². The van der Waals surface area contributed by atoms with E-state index < -0.39 is 17.7 Å². The monoisotopic (exact) mass is 387 g/mol. The van der Waals surface area contributed by atoms with Gasteiger partial charge in [0, 0.05) is 31.1 Å². The first-order chi connectivity index (χ1) is 13.4. The number of rotatable bonds is 7. The summed E-state index contributed by atoms with van der Waals surface area (Å²) >= 11 is 0. The summed E-state index contributed by atoms with van der Waals surface area (Å²) in [7, 11) is 0. The number of para-hydroxylation sites is 2. The molecule has 1 amide bonds. The van der Waals surface area contributed by atoms with Gasteiger partial charge in [-0.25, -0.2) is 13.6 Å². The van der Waals surface area contributed by atoms with Gasteiger partial charge < -0.3 is 5.32 Å². The second-order valence-electron chi connectivity index (χ2n) is 6.78. The van der Waals surface area contributed by atoms with Crippen LogP contribution in [0.5, 0.6) is 0 Å². The minimum atomic E-state index is -0.702. The summed E-state index contributed by atoms with van der Waals surface area (Å²) in [4.78, 5) is 25.0. The van der Waals surface area contributed by atoms with Crippen molar-refractivity contribution in [3.63, 3.8) is 0 Å². The highest BCUT2D eigenvalue weighted by Gasteiger charge is 2.16. The Balaban J connectivity index is 1.73. The van der Waals surface area contributed by atoms with E-state index in [0.717, 1.165) is 29.6 Å². The normalized spacial score (nSPS) is 12.3. The number of nitrogens with one attached hydrogen (secondary N) is 1. The number of aryl methyl sites for hydroxylation is 2. The third-order valence-corrected chi connectivity index (χ3v) is 4.74. The van der Waals surface area contributed by atoms with E-state index >= 15 is 0 Å². The SMILES string of the molecule is CCCn1c(=O)n(CCC(=O)NC(C)c2ccc(F)cc2F)c2ccccc21. The molecule has 0 aliphatic rings. The van der Waals surface area contributed by atoms with E-state index in [2.05, 4.69) is 5.32 Å². The lowest BCUT2D eigenvalue weighted by Gasteiger charge is -2.15. The fraction of sp³-hybridized carbons (Fsp3) is 0.333. The molecule has 1 N–H and O–H groups in total. The Morgan fingerprint density at radius 3 is 2.32 bits per heavy atom. The number of imidazole rings is 1. The molecule has 148 valence electrons. The van der Waals surface area contributed by atoms with Crippen molar-refractivity contribution in [2.45, 2.75) is 45.8 Å². The van der Waals surface area contributed by atoms with E-state index in [-0.39, 0.29) is 30.1 Å². The van der Waals surface area contributed by atoms with Gasteiger partial charge in [-0.1, -0.05) is 25.1 Å². The van der Waals surface area contributed by atoms with Crippen molar-refractivity contribution < 1.29 is 13.6 Å². The molecule has 0 aliphatic heterocycles. The van der Waals surface area contributed by atoms with Crippen LogP contribution in [0.4, 0.5) is 8.78 Å². The van der Waals surface area contributed by atoms with Crippen molar-refractivity contribution in [3.8, 4) is 0 Å². The quantitative estimate of drug-likeness (QED) is 0.671. The molecule has 0 saturated heterocycles. The largest absolute Gasteiger partial charge is 0.349 e. The zero-order valence-corrected chi connectivity index (χ0v) is 15.9. The van der Waals surface area contributed by atoms with Crippen LogP contribution in [0.3, 0.4) is 0 Å². The van der Waals surface area contributed by atoms with Crippen LogP contribution in [0.2, 0.25) is 0 Å². The molecule has 28 heavy (non-hydrogen) atoms. The highest BCUT2D eigenvalue weighted by atomic mass is 19.1. The first-order valence-corrected chi connectivity index (χ1v) is 9.34. The van der Waals surface area contributed by atoms with Crippen LogP contribution in [0.25, 0.3) is 11.0 Å². The maximum absolute atomic E-state index is 13.9. The van der Waals surface area contributed by atoms with E-state index in [9.17, 15) is 18.4 Å². The fourth-order valence-electron chi connectivity index (χ4n) is 3.39. The van der Waals surface area contributed by atoms with Crippen molar-refractivity contribution in [2.75, 3.05) is 0 Å². The zero-order chi connectivity index (χ0) is 20.3. The molecule has 3 aromatic rings. The number of aromatic nitrogens is 2. The van der Waals surface area contributed by atoms with E-state index in [1.165, 1.54) is 6.07 Å². The molecule has 0 fully saturated rings. The predicted octanol–water partition coefficient (Wildman–Crippen LogP) is 3.76. The number of hydrogen-bond acceptors (Lipinski definition) is 2. The molecule has 7 heteroatoms. The third-order valence-electron chi connectivity index (χ3n) is 4.74. The van der Waals surface area contributed by atoms with Gasteiger partial charge in [0.15, 0.2) is 0 Å². The lowest BCUT2D eigenvalue weighted by Crippen LogP contribution is -2.30. The molecule has 0 bridgehead atoms. The van der Waals surface area contributed by atoms with Crippen LogP contribution in [-0.2, 0) is 17.9 Å². The van der Waals surface area contributed by atoms with E-state index in [0.29, 0.717) is 6.54 Å². The highest BCUT2D eigenvalue weighted by Crippen LogP contribution is 2.18. The Morgan fingerprint density at radius 2 is 1.71 bits per heavy atom. The van der Waals surface area contributed by atoms with Gasteiger partial charge in [-0.3, -0.25) is 13.9 Å². The summed E-state index contributed by atoms with van der Waals surface area (Å²) in [6.45, 7) is 4.47. The smallest absolute Gasteiger partial charge is 0.329 e. The molecule has 0 radical (unpaired) electrons. The Labute approximate surface area is 161 Å². The average Bonchev–Trinajstić information content (AvgIpc) is 2.92. The molecule has 2 aromatic carbocycles. The standard InChI is InChI=1S/C21H23F2N3O2/c1-3-11-25-18-6-4-5-7-19(18)26(21(25)28)12-10-20(27)24-14(2)16-9-8-15(22)13-17(16)23/h4-9,13-14H,3,10-12H2,1-2H3,(H,24,27). The molecule has 0 saturated carbocycles. The van der Waals surface area contributed by atoms with Gasteiger partial charge in [0.05, 0.1) is 17.1 Å². The molecule has 1 aromatic heterocycles. The van der Waals surface area contributed by atoms with Crippen LogP contribution >= 0.6 is 0 Å². The van der Waals surface area contributed by atoms with Gasteiger partial charge >= 0.3 is 5.69 Å². The van der Waals surface area contributed by atoms with Gasteiger partial charge in [-0.2, -0.15) is 0 Å². The minimum Gasteiger partial charge on any atom is -0.349 e. The number of carbonyl (C=O) groups is 1. The Morgan fingerprint density at radius 1 is 1.07 bits per heavy atom. The summed E-state index contributed by atoms with van der Waals surface area (Å²) < 4.78 is 30.2. The molecule has 0 spiro atoms. The summed E-state index contributed by atoms with van der Waals surface area (Å²) in [5, 5.41) is 2.70. The molecular weight excluding hydrogens is 364 g/mol. The average molecular weight is 387 g/mol. The Hall–Kier alpha value is -2.96. The second kappa shape index (κ2) is 8.37. The lowest BCUT2D eigenvalue weighted by molar-refractivity contribution is -0.121. The number of hydrogen-bond donors (Lipinski definition) is 1. The van der Waals surface area contributed by atoms with Crippen LogP contribution in [0.15, 0.2) is 47.3 Å². The third kappa shape index (κ3) is 3.98. The maximum Gasteiger partial charge on any atom is 0.329 e. The summed E-state index contributed by atoms with van der Waals surface area (Å²) in [5.41, 5.74) is 1.70. The second-order valence-corrected chi connectivity index (χ2v) is 6.78. The molecule has 3 rings (SSSR count). The van der Waals surface area contributed by atoms with Crippen LogP contribution in [0.1, 0.15) is 38.3 Å². The van der Waals surface area contributed by atoms with Crippen molar-refractivity contribution in [1.29, 1.82) is 0 Å². The van der Waals surface area contributed by atoms with E-state index in [4.69, 9.17) is 0 Å². The van der Waals surface area contributed by atoms with Crippen LogP contribution < -0.4 is 11.0 Å². The molecule has 1 heterocycles. The summed E-state index contributed by atoms with van der Waals surface area (Å²) in [5.74, 6) is -1.68. The number of halogens is 2. The van der Waals surface area contributed by atoms with Gasteiger partial charge in [0.1, 0.15) is 11.6 Å². The maximum atomic E-state index is 13.9. The zero-order valence-electron chi connectivity index (χ0n) is 15.9. The number of carbonyl (C=O) groups excluding carboxylic acids is 1. The number of nitrogens with zero attached hydrogens (tertiary/aromatic N) is 2. The lowest BCUT2D eigenvalue weighted by atomic mass is 10.1. The molecule has 1 unspecified atom stereocenters. The molecule has 0 aliphatic carbocycles. The number of amides is 1. The van der Waals surface area contributed by atoms with E-state index in [1.54, 1.807) is 16.1 Å². The summed E-state index contributed by atoms with van der Waals surface area (Å²) in [6, 6.07) is 10.1. The van der Waals surface area contributed by atoms with Gasteiger partial charge in [-0.05, 0) is 31.5 Å². The van der Waals surface area contributed by atoms with E-state index in [1.807, 2.05) is 31.2 Å². The Bertz CT molecular complexity index is 1060. The molecule has 5 nitrogen and oxygen atoms in total. The summed E-state index contributed by atoms with van der Waals surface area (Å²) in [6.07, 6.45) is 0.905. The van der Waals surface area contributed by atoms with Gasteiger partial charge in [-0.15, -0.1) is 0 Å². The first kappa shape index (κ1) is 19.8. The molecule has 1 atom stereocenters. The van der Waals surface area contributed by atoms with Crippen molar-refractivity contribution in [3.05, 3.63) is 70.1 Å². The minimum absolute atomic E-state index is 0.0766. The number of benzene rings is 2. The van der Waals surface area contributed by atoms with Crippen molar-refractivity contribution in [2.24, 2.45) is 0 Å². The first-order valence-electron chi connectivity index (χ1n) is 9.34. The molecular formula is C21H23F2N3O2. The Kier molecular flexibility index (Phi) is 5.92.